The fraction of sp³-hybridized carbons (Fsp3) is 0.750. The maximum absolute atomic E-state index is 11.8. The first-order valence-corrected chi connectivity index (χ1v) is 5.31. The number of carbonyl (C=O) groups excluding carboxylic acids is 2. The first kappa shape index (κ1) is 16.6. The number of hydrogen-bond donors (Lipinski definition) is 0. The maximum atomic E-state index is 11.8. The molecular weight excluding hydrogens is 307 g/mol. The van der Waals surface area contributed by atoms with Crippen LogP contribution in [0.15, 0.2) is 0 Å². The lowest BCUT2D eigenvalue weighted by atomic mass is 10.0. The molecule has 1 fully saturated rings. The summed E-state index contributed by atoms with van der Waals surface area (Å²) < 4.78 is 39.1. The topological polar surface area (TPSA) is 133 Å². The average Bonchev–Trinajstić information content (AvgIpc) is 2.24. The summed E-state index contributed by atoms with van der Waals surface area (Å²) in [5, 5.41) is 21.1. The molecule has 0 unspecified atom stereocenters. The molecule has 13 heteroatoms. The number of ether oxygens (including phenoxy) is 1. The fourth-order valence-electron chi connectivity index (χ4n) is 1.51. The van der Waals surface area contributed by atoms with Gasteiger partial charge in [-0.25, -0.2) is 4.79 Å². The largest absolute Gasteiger partial charge is 0.492 e. The number of nitro groups is 2. The Hall–Kier alpha value is -2.47. The lowest BCUT2D eigenvalue weighted by Gasteiger charge is -2.35. The third-order valence-electron chi connectivity index (χ3n) is 2.70. The minimum atomic E-state index is -5.19. The molecule has 0 N–H and O–H groups in total. The summed E-state index contributed by atoms with van der Waals surface area (Å²) in [7, 11) is 0. The van der Waals surface area contributed by atoms with Gasteiger partial charge < -0.3 is 9.64 Å². The van der Waals surface area contributed by atoms with Crippen LogP contribution in [0.25, 0.3) is 0 Å². The van der Waals surface area contributed by atoms with Gasteiger partial charge in [0, 0.05) is 0 Å². The van der Waals surface area contributed by atoms with Crippen molar-refractivity contribution < 1.29 is 37.3 Å². The van der Waals surface area contributed by atoms with Crippen LogP contribution in [0.1, 0.15) is 6.42 Å². The molecule has 1 aliphatic heterocycles. The summed E-state index contributed by atoms with van der Waals surface area (Å²) >= 11 is 0. The smallest absolute Gasteiger partial charge is 0.458 e. The molecule has 0 aromatic rings. The van der Waals surface area contributed by atoms with Gasteiger partial charge in [-0.1, -0.05) is 0 Å². The lowest BCUT2D eigenvalue weighted by molar-refractivity contribution is -0.809. The summed E-state index contributed by atoms with van der Waals surface area (Å²) in [6.45, 7) is -2.46. The van der Waals surface area contributed by atoms with Crippen LogP contribution >= 0.6 is 0 Å². The van der Waals surface area contributed by atoms with E-state index in [4.69, 9.17) is 0 Å². The van der Waals surface area contributed by atoms with Gasteiger partial charge in [0.1, 0.15) is 16.5 Å². The zero-order valence-electron chi connectivity index (χ0n) is 10.2. The minimum Gasteiger partial charge on any atom is -0.458 e. The zero-order chi connectivity index (χ0) is 16.4. The van der Waals surface area contributed by atoms with E-state index in [-0.39, 0.29) is 0 Å². The number of rotatable bonds is 5. The maximum Gasteiger partial charge on any atom is 0.492 e. The van der Waals surface area contributed by atoms with E-state index >= 15 is 0 Å². The van der Waals surface area contributed by atoms with E-state index in [2.05, 4.69) is 4.74 Å². The first-order chi connectivity index (χ1) is 9.50. The molecule has 0 aromatic carbocycles. The first-order valence-electron chi connectivity index (χ1n) is 5.31. The molecule has 0 aromatic heterocycles. The highest BCUT2D eigenvalue weighted by molar-refractivity contribution is 5.78. The van der Waals surface area contributed by atoms with Crippen LogP contribution in [0.5, 0.6) is 0 Å². The van der Waals surface area contributed by atoms with E-state index in [0.29, 0.717) is 0 Å². The minimum absolute atomic E-state index is 0.659. The van der Waals surface area contributed by atoms with Crippen molar-refractivity contribution in [3.8, 4) is 0 Å². The van der Waals surface area contributed by atoms with Crippen molar-refractivity contribution in [1.29, 1.82) is 0 Å². The second-order valence-electron chi connectivity index (χ2n) is 4.13. The number of alkyl halides is 3. The second kappa shape index (κ2) is 5.49. The second-order valence-corrected chi connectivity index (χ2v) is 4.13. The number of esters is 1. The van der Waals surface area contributed by atoms with Crippen LogP contribution in [-0.2, 0) is 14.3 Å². The van der Waals surface area contributed by atoms with Crippen LogP contribution in [0.3, 0.4) is 0 Å². The molecule has 0 bridgehead atoms. The molecule has 0 saturated carbocycles. The summed E-state index contributed by atoms with van der Waals surface area (Å²) in [5.74, 6) is -3.35. The molecule has 10 nitrogen and oxygen atoms in total. The van der Waals surface area contributed by atoms with Gasteiger partial charge >= 0.3 is 17.8 Å². The Bertz CT molecular complexity index is 470. The molecule has 1 saturated heterocycles. The third-order valence-corrected chi connectivity index (χ3v) is 2.70. The number of likely N-dealkylation sites (tertiary alicyclic amines) is 1. The standard InChI is InChI=1S/C8H8F3N3O7/c9-8(10,11)6(16)21-2-1-5(15)12-3-7(4-12,13(17)18)14(19)20/h1-4H2. The monoisotopic (exact) mass is 315 g/mol. The van der Waals surface area contributed by atoms with Gasteiger partial charge in [0.25, 0.3) is 0 Å². The normalized spacial score (nSPS) is 16.8. The van der Waals surface area contributed by atoms with Crippen molar-refractivity contribution in [3.05, 3.63) is 20.2 Å². The van der Waals surface area contributed by atoms with E-state index in [1.54, 1.807) is 0 Å². The molecule has 1 heterocycles. The number of hydrogen-bond acceptors (Lipinski definition) is 7. The Morgan fingerprint density at radius 1 is 1.19 bits per heavy atom. The summed E-state index contributed by atoms with van der Waals surface area (Å²) in [4.78, 5) is 41.3. The van der Waals surface area contributed by atoms with Crippen molar-refractivity contribution in [2.24, 2.45) is 0 Å². The van der Waals surface area contributed by atoms with E-state index < -0.39 is 59.7 Å². The highest BCUT2D eigenvalue weighted by atomic mass is 19.4. The Balaban J connectivity index is 2.42. The molecule has 0 radical (unpaired) electrons. The Morgan fingerprint density at radius 3 is 2.05 bits per heavy atom. The van der Waals surface area contributed by atoms with Gasteiger partial charge in [0.2, 0.25) is 5.91 Å². The van der Waals surface area contributed by atoms with Gasteiger partial charge in [0.05, 0.1) is 6.42 Å². The van der Waals surface area contributed by atoms with Crippen LogP contribution in [0, 0.1) is 20.2 Å². The van der Waals surface area contributed by atoms with Crippen molar-refractivity contribution >= 4 is 11.9 Å². The molecule has 0 atom stereocenters. The van der Waals surface area contributed by atoms with Crippen LogP contribution in [0.4, 0.5) is 13.2 Å². The average molecular weight is 315 g/mol. The molecule has 118 valence electrons. The van der Waals surface area contributed by atoms with Gasteiger partial charge in [0.15, 0.2) is 13.1 Å². The van der Waals surface area contributed by atoms with Crippen molar-refractivity contribution in [1.82, 2.24) is 4.90 Å². The number of carbonyl (C=O) groups is 2. The van der Waals surface area contributed by atoms with Crippen LogP contribution < -0.4 is 0 Å². The Kier molecular flexibility index (Phi) is 4.34. The van der Waals surface area contributed by atoms with Gasteiger partial charge in [-0.2, -0.15) is 13.2 Å². The van der Waals surface area contributed by atoms with Crippen molar-refractivity contribution in [2.45, 2.75) is 18.3 Å². The zero-order valence-corrected chi connectivity index (χ0v) is 10.2. The Labute approximate surface area is 113 Å². The van der Waals surface area contributed by atoms with Gasteiger partial charge in [-0.3, -0.25) is 25.0 Å². The Morgan fingerprint density at radius 2 is 1.67 bits per heavy atom. The number of halogens is 3. The van der Waals surface area contributed by atoms with Crippen LogP contribution in [0.2, 0.25) is 0 Å². The molecule has 0 aliphatic carbocycles. The predicted octanol–water partition coefficient (Wildman–Crippen LogP) is -0.426. The molecule has 1 rings (SSSR count). The molecular formula is C8H8F3N3O7. The predicted molar refractivity (Wildman–Crippen MR) is 54.9 cm³/mol. The summed E-state index contributed by atoms with van der Waals surface area (Å²) in [5.41, 5.74) is -2.49. The highest BCUT2D eigenvalue weighted by Gasteiger charge is 2.67. The van der Waals surface area contributed by atoms with E-state index in [0.717, 1.165) is 4.90 Å². The SMILES string of the molecule is O=C(CCOC(=O)C(F)(F)F)N1CC([N+](=O)[O-])([N+](=O)[O-])C1. The molecule has 21 heavy (non-hydrogen) atoms. The van der Waals surface area contributed by atoms with E-state index in [1.807, 2.05) is 0 Å². The van der Waals surface area contributed by atoms with E-state index in [9.17, 15) is 43.0 Å². The van der Waals surface area contributed by atoms with Crippen molar-refractivity contribution in [2.75, 3.05) is 19.7 Å². The summed E-state index contributed by atoms with van der Waals surface area (Å²) in [6.07, 6.45) is -5.85. The van der Waals surface area contributed by atoms with E-state index in [1.165, 1.54) is 0 Å². The summed E-state index contributed by atoms with van der Waals surface area (Å²) in [6, 6.07) is 0. The fourth-order valence-corrected chi connectivity index (χ4v) is 1.51. The quantitative estimate of drug-likeness (QED) is 0.291. The van der Waals surface area contributed by atoms with Gasteiger partial charge in [-0.15, -0.1) is 0 Å². The van der Waals surface area contributed by atoms with Crippen molar-refractivity contribution in [3.63, 3.8) is 0 Å². The lowest BCUT2D eigenvalue weighted by Crippen LogP contribution is -2.71. The highest BCUT2D eigenvalue weighted by Crippen LogP contribution is 2.25. The third kappa shape index (κ3) is 3.35. The molecule has 1 aliphatic rings. The number of nitrogens with zero attached hydrogens (tertiary/aromatic N) is 3. The molecule has 0 spiro atoms. The molecule has 1 amide bonds. The van der Waals surface area contributed by atoms with Gasteiger partial charge in [-0.05, 0) is 0 Å². The van der Waals surface area contributed by atoms with Crippen LogP contribution in [-0.4, -0.2) is 58.2 Å². The number of amides is 1.